The van der Waals surface area contributed by atoms with Crippen molar-refractivity contribution in [1.82, 2.24) is 19.9 Å². The van der Waals surface area contributed by atoms with Gasteiger partial charge in [-0.25, -0.2) is 15.0 Å². The summed E-state index contributed by atoms with van der Waals surface area (Å²) >= 11 is 0. The fraction of sp³-hybridized carbons (Fsp3) is 0.250. The summed E-state index contributed by atoms with van der Waals surface area (Å²) in [5, 5.41) is 1.12. The molecule has 3 heterocycles. The number of hydrogen-bond donors (Lipinski definition) is 1. The molecule has 1 atom stereocenters. The highest BCUT2D eigenvalue weighted by Crippen LogP contribution is 2.31. The summed E-state index contributed by atoms with van der Waals surface area (Å²) in [6.45, 7) is 1.96. The standard InChI is InChI=1S/C20H19N5/c1-2-8-16-15(7-1)20(22-13-21-16)25-11-5-6-14(12-25)19-23-17-9-3-4-10-18(17)24-19/h1-4,7-10,13-14H,5-6,11-12H2,(H,23,24)/t14-/m1/s1. The van der Waals surface area contributed by atoms with Gasteiger partial charge in [0.15, 0.2) is 0 Å². The van der Waals surface area contributed by atoms with E-state index in [1.54, 1.807) is 6.33 Å². The maximum atomic E-state index is 4.81. The van der Waals surface area contributed by atoms with Crippen molar-refractivity contribution in [2.24, 2.45) is 0 Å². The van der Waals surface area contributed by atoms with Crippen LogP contribution in [0.1, 0.15) is 24.6 Å². The van der Waals surface area contributed by atoms with Gasteiger partial charge in [-0.15, -0.1) is 0 Å². The zero-order chi connectivity index (χ0) is 16.6. The van der Waals surface area contributed by atoms with Gasteiger partial charge in [0.05, 0.1) is 16.6 Å². The van der Waals surface area contributed by atoms with E-state index in [2.05, 4.69) is 44.1 Å². The quantitative estimate of drug-likeness (QED) is 0.606. The van der Waals surface area contributed by atoms with Gasteiger partial charge in [-0.05, 0) is 37.1 Å². The van der Waals surface area contributed by atoms with Gasteiger partial charge in [-0.3, -0.25) is 0 Å². The van der Waals surface area contributed by atoms with Gasteiger partial charge >= 0.3 is 0 Å². The van der Waals surface area contributed by atoms with Gasteiger partial charge < -0.3 is 9.88 Å². The molecule has 5 rings (SSSR count). The van der Waals surface area contributed by atoms with Crippen LogP contribution in [0, 0.1) is 0 Å². The summed E-state index contributed by atoms with van der Waals surface area (Å²) in [6.07, 6.45) is 3.96. The number of anilines is 1. The Morgan fingerprint density at radius 3 is 2.72 bits per heavy atom. The topological polar surface area (TPSA) is 57.7 Å². The first-order valence-electron chi connectivity index (χ1n) is 8.78. The van der Waals surface area contributed by atoms with Crippen LogP contribution >= 0.6 is 0 Å². The highest BCUT2D eigenvalue weighted by Gasteiger charge is 2.25. The molecule has 2 aromatic carbocycles. The molecule has 2 aromatic heterocycles. The van der Waals surface area contributed by atoms with E-state index in [1.807, 2.05) is 24.3 Å². The molecule has 5 nitrogen and oxygen atoms in total. The van der Waals surface area contributed by atoms with Gasteiger partial charge in [-0.1, -0.05) is 24.3 Å². The molecule has 0 saturated carbocycles. The Kier molecular flexibility index (Phi) is 3.37. The Balaban J connectivity index is 1.49. The molecule has 0 spiro atoms. The first-order valence-corrected chi connectivity index (χ1v) is 8.78. The number of rotatable bonds is 2. The number of para-hydroxylation sites is 3. The lowest BCUT2D eigenvalue weighted by Crippen LogP contribution is -2.35. The summed E-state index contributed by atoms with van der Waals surface area (Å²) in [5.74, 6) is 2.52. The Morgan fingerprint density at radius 2 is 1.80 bits per heavy atom. The number of aromatic amines is 1. The van der Waals surface area contributed by atoms with Crippen molar-refractivity contribution in [3.05, 3.63) is 60.7 Å². The van der Waals surface area contributed by atoms with Gasteiger partial charge in [0.2, 0.25) is 0 Å². The number of aromatic nitrogens is 4. The minimum Gasteiger partial charge on any atom is -0.355 e. The number of piperidine rings is 1. The fourth-order valence-corrected chi connectivity index (χ4v) is 3.80. The molecule has 0 bridgehead atoms. The summed E-state index contributed by atoms with van der Waals surface area (Å²) in [7, 11) is 0. The smallest absolute Gasteiger partial charge is 0.139 e. The predicted molar refractivity (Wildman–Crippen MR) is 99.8 cm³/mol. The molecule has 0 unspecified atom stereocenters. The van der Waals surface area contributed by atoms with Gasteiger partial charge in [0.25, 0.3) is 0 Å². The van der Waals surface area contributed by atoms with E-state index in [1.165, 1.54) is 0 Å². The molecule has 1 fully saturated rings. The van der Waals surface area contributed by atoms with Crippen LogP contribution in [0.5, 0.6) is 0 Å². The van der Waals surface area contributed by atoms with Crippen molar-refractivity contribution in [3.63, 3.8) is 0 Å². The second kappa shape index (κ2) is 5.84. The molecule has 0 radical (unpaired) electrons. The van der Waals surface area contributed by atoms with E-state index in [0.717, 1.165) is 59.5 Å². The van der Waals surface area contributed by atoms with E-state index in [9.17, 15) is 0 Å². The van der Waals surface area contributed by atoms with E-state index in [-0.39, 0.29) is 0 Å². The third-order valence-electron chi connectivity index (χ3n) is 5.04. The van der Waals surface area contributed by atoms with Crippen LogP contribution in [0.4, 0.5) is 5.82 Å². The second-order valence-electron chi connectivity index (χ2n) is 6.64. The second-order valence-corrected chi connectivity index (χ2v) is 6.64. The predicted octanol–water partition coefficient (Wildman–Crippen LogP) is 3.89. The molecule has 124 valence electrons. The summed E-state index contributed by atoms with van der Waals surface area (Å²) in [6, 6.07) is 16.5. The van der Waals surface area contributed by atoms with Crippen LogP contribution in [0.3, 0.4) is 0 Å². The van der Waals surface area contributed by atoms with Crippen LogP contribution in [0.15, 0.2) is 54.9 Å². The molecule has 1 aliphatic heterocycles. The van der Waals surface area contributed by atoms with Crippen LogP contribution in [0.25, 0.3) is 21.9 Å². The maximum Gasteiger partial charge on any atom is 0.139 e. The SMILES string of the molecule is c1ccc2[nH]c([C@@H]3CCCN(c4ncnc5ccccc45)C3)nc2c1. The zero-order valence-electron chi connectivity index (χ0n) is 13.9. The molecule has 1 saturated heterocycles. The first kappa shape index (κ1) is 14.4. The van der Waals surface area contributed by atoms with Crippen molar-refractivity contribution < 1.29 is 0 Å². The Hall–Kier alpha value is -2.95. The first-order chi connectivity index (χ1) is 12.4. The maximum absolute atomic E-state index is 4.81. The summed E-state index contributed by atoms with van der Waals surface area (Å²) in [5.41, 5.74) is 3.16. The summed E-state index contributed by atoms with van der Waals surface area (Å²) < 4.78 is 0. The molecule has 25 heavy (non-hydrogen) atoms. The number of hydrogen-bond acceptors (Lipinski definition) is 4. The normalized spacial score (nSPS) is 18.1. The van der Waals surface area contributed by atoms with Gasteiger partial charge in [0, 0.05) is 24.4 Å². The molecule has 0 aliphatic carbocycles. The monoisotopic (exact) mass is 329 g/mol. The molecule has 0 amide bonds. The molecule has 5 heteroatoms. The third-order valence-corrected chi connectivity index (χ3v) is 5.04. The van der Waals surface area contributed by atoms with Gasteiger partial charge in [0.1, 0.15) is 18.0 Å². The minimum absolute atomic E-state index is 0.398. The fourth-order valence-electron chi connectivity index (χ4n) is 3.80. The molecule has 1 N–H and O–H groups in total. The number of benzene rings is 2. The number of nitrogens with zero attached hydrogens (tertiary/aromatic N) is 4. The van der Waals surface area contributed by atoms with E-state index < -0.39 is 0 Å². The number of fused-ring (bicyclic) bond motifs is 2. The van der Waals surface area contributed by atoms with Crippen LogP contribution in [-0.2, 0) is 0 Å². The van der Waals surface area contributed by atoms with Crippen LogP contribution in [0.2, 0.25) is 0 Å². The highest BCUT2D eigenvalue weighted by atomic mass is 15.2. The zero-order valence-corrected chi connectivity index (χ0v) is 13.9. The van der Waals surface area contributed by atoms with E-state index in [4.69, 9.17) is 4.98 Å². The molecule has 4 aromatic rings. The lowest BCUT2D eigenvalue weighted by molar-refractivity contribution is 0.493. The van der Waals surface area contributed by atoms with Crippen molar-refractivity contribution >= 4 is 27.8 Å². The van der Waals surface area contributed by atoms with Crippen molar-refractivity contribution in [3.8, 4) is 0 Å². The largest absolute Gasteiger partial charge is 0.355 e. The van der Waals surface area contributed by atoms with Crippen molar-refractivity contribution in [2.75, 3.05) is 18.0 Å². The minimum atomic E-state index is 0.398. The average Bonchev–Trinajstić information content (AvgIpc) is 3.12. The van der Waals surface area contributed by atoms with Crippen LogP contribution in [-0.4, -0.2) is 33.0 Å². The Morgan fingerprint density at radius 1 is 0.960 bits per heavy atom. The number of nitrogens with one attached hydrogen (secondary N) is 1. The van der Waals surface area contributed by atoms with Crippen LogP contribution < -0.4 is 4.90 Å². The summed E-state index contributed by atoms with van der Waals surface area (Å²) in [4.78, 5) is 19.7. The molecule has 1 aliphatic rings. The third kappa shape index (κ3) is 2.52. The lowest BCUT2D eigenvalue weighted by atomic mass is 9.97. The van der Waals surface area contributed by atoms with Gasteiger partial charge in [-0.2, -0.15) is 0 Å². The average molecular weight is 329 g/mol. The number of H-pyrrole nitrogens is 1. The highest BCUT2D eigenvalue weighted by molar-refractivity contribution is 5.89. The Labute approximate surface area is 145 Å². The number of imidazole rings is 1. The molecular formula is C20H19N5. The van der Waals surface area contributed by atoms with Crippen molar-refractivity contribution in [1.29, 1.82) is 0 Å². The molecular weight excluding hydrogens is 310 g/mol. The van der Waals surface area contributed by atoms with E-state index in [0.29, 0.717) is 5.92 Å². The van der Waals surface area contributed by atoms with E-state index >= 15 is 0 Å². The lowest BCUT2D eigenvalue weighted by Gasteiger charge is -2.33. The Bertz CT molecular complexity index is 1000. The van der Waals surface area contributed by atoms with Crippen molar-refractivity contribution in [2.45, 2.75) is 18.8 Å².